The highest BCUT2D eigenvalue weighted by molar-refractivity contribution is 7.87. The van der Waals surface area contributed by atoms with Gasteiger partial charge in [0, 0.05) is 59.7 Å². The Hall–Kier alpha value is -4.76. The van der Waals surface area contributed by atoms with Gasteiger partial charge in [0.05, 0.1) is 68.4 Å². The van der Waals surface area contributed by atoms with E-state index in [4.69, 9.17) is 23.7 Å². The van der Waals surface area contributed by atoms with Gasteiger partial charge >= 0.3 is 5.97 Å². The third-order valence-electron chi connectivity index (χ3n) is 13.6. The summed E-state index contributed by atoms with van der Waals surface area (Å²) >= 11 is 0. The van der Waals surface area contributed by atoms with Gasteiger partial charge in [0.2, 0.25) is 0 Å². The lowest BCUT2D eigenvalue weighted by Crippen LogP contribution is -2.30. The minimum atomic E-state index is -5.17. The molecule has 4 aromatic rings. The van der Waals surface area contributed by atoms with Crippen LogP contribution in [0.25, 0.3) is 21.5 Å². The number of hydrogen-bond acceptors (Lipinski definition) is 17. The van der Waals surface area contributed by atoms with Crippen molar-refractivity contribution in [1.82, 2.24) is 0 Å². The van der Waals surface area contributed by atoms with E-state index in [1.54, 1.807) is 57.1 Å². The van der Waals surface area contributed by atoms with E-state index in [9.17, 15) is 74.8 Å². The normalized spacial score (nSPS) is 16.8. The van der Waals surface area contributed by atoms with Crippen LogP contribution < -0.4 is 4.90 Å². The fraction of sp³-hybridized carbons (Fsp3) is 0.471. The van der Waals surface area contributed by atoms with Gasteiger partial charge in [-0.3, -0.25) is 27.6 Å². The first-order valence-corrected chi connectivity index (χ1v) is 32.0. The fourth-order valence-corrected chi connectivity index (χ4v) is 13.0. The Labute approximate surface area is 461 Å². The first-order chi connectivity index (χ1) is 36.8. The molecule has 2 unspecified atom stereocenters. The van der Waals surface area contributed by atoms with Gasteiger partial charge in [-0.25, -0.2) is 0 Å². The lowest BCUT2D eigenvalue weighted by molar-refractivity contribution is -0.137. The van der Waals surface area contributed by atoms with Gasteiger partial charge in [0.25, 0.3) is 50.6 Å². The number of benzene rings is 4. The number of anilines is 1. The standard InChI is InChI=1S/C51H67NO22S5/c1-35-14-15-39-41(31-37(76(58,59)60)33-44(39)78(64,65)66)48(35)50(3,19-21-71-24-25-73-28-29-74-27-26-72-23-22-70-5)36(2)11-9-12-46-51(4,18-10-30-75(55,56)57)49-42-32-38(77(61,62)63)34-45(79(67,68)69)40(42)16-17-43(49)52(46)20-8-6-7-13-47(53)54/h9,11-12,14-17,31-34H,2,6-8,10,13,18-30H2,1,3-5H3,(H,53,54)(H,55,56,57)(H,58,59,60)(H,61,62,63)(H,64,65,66)(H,67,68,69)/b11-9+,46-12+. The van der Waals surface area contributed by atoms with Crippen LogP contribution >= 0.6 is 0 Å². The minimum Gasteiger partial charge on any atom is -0.481 e. The molecule has 0 amide bonds. The van der Waals surface area contributed by atoms with Crippen LogP contribution in [-0.2, 0) is 89.9 Å². The third-order valence-corrected chi connectivity index (χ3v) is 17.9. The second-order valence-electron chi connectivity index (χ2n) is 19.2. The molecule has 0 radical (unpaired) electrons. The largest absolute Gasteiger partial charge is 0.481 e. The molecule has 0 fully saturated rings. The summed E-state index contributed by atoms with van der Waals surface area (Å²) in [5.41, 5.74) is -0.580. The second kappa shape index (κ2) is 26.9. The Morgan fingerprint density at radius 1 is 0.658 bits per heavy atom. The molecule has 0 spiro atoms. The van der Waals surface area contributed by atoms with Crippen LogP contribution in [0.3, 0.4) is 0 Å². The van der Waals surface area contributed by atoms with Crippen molar-refractivity contribution in [3.8, 4) is 0 Å². The molecule has 6 N–H and O–H groups in total. The zero-order valence-corrected chi connectivity index (χ0v) is 48.1. The Morgan fingerprint density at radius 2 is 1.16 bits per heavy atom. The Balaban J connectivity index is 1.66. The summed E-state index contributed by atoms with van der Waals surface area (Å²) in [5.74, 6) is -1.75. The van der Waals surface area contributed by atoms with Crippen LogP contribution in [0.1, 0.15) is 75.5 Å². The summed E-state index contributed by atoms with van der Waals surface area (Å²) in [5, 5.41) is 9.03. The molecule has 0 saturated heterocycles. The highest BCUT2D eigenvalue weighted by Crippen LogP contribution is 2.54. The van der Waals surface area contributed by atoms with Crippen molar-refractivity contribution >= 4 is 83.8 Å². The number of unbranched alkanes of at least 4 members (excludes halogenated alkanes) is 2. The lowest BCUT2D eigenvalue weighted by atomic mass is 9.70. The Kier molecular flexibility index (Phi) is 22.1. The van der Waals surface area contributed by atoms with Crippen molar-refractivity contribution in [2.45, 2.75) is 96.1 Å². The molecule has 1 heterocycles. The smallest absolute Gasteiger partial charge is 0.303 e. The van der Waals surface area contributed by atoms with E-state index >= 15 is 0 Å². The van der Waals surface area contributed by atoms with E-state index in [0.29, 0.717) is 79.5 Å². The number of aryl methyl sites for hydroxylation is 1. The molecule has 1 aliphatic rings. The summed E-state index contributed by atoms with van der Waals surface area (Å²) in [6.07, 6.45) is 5.47. The highest BCUT2D eigenvalue weighted by Gasteiger charge is 2.45. The van der Waals surface area contributed by atoms with Crippen LogP contribution in [0.4, 0.5) is 5.69 Å². The van der Waals surface area contributed by atoms with E-state index in [2.05, 4.69) is 6.58 Å². The summed E-state index contributed by atoms with van der Waals surface area (Å²) in [6, 6.07) is 9.11. The van der Waals surface area contributed by atoms with E-state index in [1.807, 2.05) is 0 Å². The molecule has 23 nitrogen and oxygen atoms in total. The van der Waals surface area contributed by atoms with Gasteiger partial charge in [0.1, 0.15) is 9.79 Å². The molecule has 0 saturated carbocycles. The lowest BCUT2D eigenvalue weighted by Gasteiger charge is -2.34. The van der Waals surface area contributed by atoms with Gasteiger partial charge in [-0.05, 0) is 115 Å². The quantitative estimate of drug-likeness (QED) is 0.0163. The van der Waals surface area contributed by atoms with Gasteiger partial charge in [-0.15, -0.1) is 0 Å². The van der Waals surface area contributed by atoms with Crippen molar-refractivity contribution in [1.29, 1.82) is 0 Å². The number of nitrogens with zero attached hydrogens (tertiary/aromatic N) is 1. The number of allylic oxidation sites excluding steroid dienone is 5. The molecular weight excluding hydrogens is 1140 g/mol. The number of carboxylic acids is 1. The highest BCUT2D eigenvalue weighted by atomic mass is 32.2. The van der Waals surface area contributed by atoms with Crippen molar-refractivity contribution in [3.63, 3.8) is 0 Å². The molecular formula is C51H67NO22S5. The number of rotatable bonds is 33. The van der Waals surface area contributed by atoms with E-state index in [1.165, 1.54) is 18.2 Å². The number of aliphatic carboxylic acids is 1. The Morgan fingerprint density at radius 3 is 1.67 bits per heavy atom. The summed E-state index contributed by atoms with van der Waals surface area (Å²) in [6.45, 7) is 12.1. The molecule has 1 aliphatic heterocycles. The minimum absolute atomic E-state index is 0.00304. The maximum Gasteiger partial charge on any atom is 0.303 e. The molecule has 28 heteroatoms. The third kappa shape index (κ3) is 16.9. The van der Waals surface area contributed by atoms with Gasteiger partial charge in [-0.2, -0.15) is 42.1 Å². The number of methoxy groups -OCH3 is 1. The maximum atomic E-state index is 12.9. The molecule has 0 aromatic heterocycles. The van der Waals surface area contributed by atoms with Gasteiger partial charge < -0.3 is 33.7 Å². The molecule has 0 bridgehead atoms. The van der Waals surface area contributed by atoms with Crippen LogP contribution in [0, 0.1) is 6.92 Å². The average Bonchev–Trinajstić information content (AvgIpc) is 3.85. The molecule has 0 aliphatic carbocycles. The zero-order chi connectivity index (χ0) is 58.8. The Bertz CT molecular complexity index is 3540. The van der Waals surface area contributed by atoms with Crippen LogP contribution in [0.2, 0.25) is 0 Å². The topological polar surface area (TPSA) is 359 Å². The first-order valence-electron chi connectivity index (χ1n) is 24.7. The first kappa shape index (κ1) is 65.1. The monoisotopic (exact) mass is 1210 g/mol. The number of hydrogen-bond donors (Lipinski definition) is 6. The number of carboxylic acid groups (broad SMARTS) is 1. The SMILES string of the molecule is C=C(/C=C/C=C1/N(CCCCCC(=O)O)c2ccc3c(S(=O)(=O)O)cc(S(=O)(=O)O)cc3c2C1(C)CCCS(=O)(=O)O)C(C)(CCOCCOCCOCCOCCOC)c1c(C)ccc2c(S(=O)(=O)O)cc(S(=O)(=O)O)cc12. The van der Waals surface area contributed by atoms with E-state index in [-0.39, 0.29) is 98.8 Å². The summed E-state index contributed by atoms with van der Waals surface area (Å²) in [4.78, 5) is 9.82. The molecule has 2 atom stereocenters. The second-order valence-corrected chi connectivity index (χ2v) is 26.4. The van der Waals surface area contributed by atoms with Crippen LogP contribution in [0.5, 0.6) is 0 Å². The van der Waals surface area contributed by atoms with Gasteiger partial charge in [0.15, 0.2) is 0 Å². The fourth-order valence-electron chi connectivity index (χ4n) is 9.83. The van der Waals surface area contributed by atoms with E-state index in [0.717, 1.165) is 12.1 Å². The molecule has 4 aromatic carbocycles. The van der Waals surface area contributed by atoms with Crippen molar-refractivity contribution in [2.75, 3.05) is 83.8 Å². The predicted octanol–water partition coefficient (Wildman–Crippen LogP) is 6.74. The average molecular weight is 1210 g/mol. The summed E-state index contributed by atoms with van der Waals surface area (Å²) in [7, 11) is -23.5. The number of carbonyl (C=O) groups is 1. The van der Waals surface area contributed by atoms with Crippen LogP contribution in [0.15, 0.2) is 104 Å². The maximum absolute atomic E-state index is 12.9. The number of ether oxygens (including phenoxy) is 5. The van der Waals surface area contributed by atoms with Crippen molar-refractivity contribution in [2.24, 2.45) is 0 Å². The number of fused-ring (bicyclic) bond motifs is 4. The van der Waals surface area contributed by atoms with Crippen LogP contribution in [-0.4, -0.2) is 155 Å². The van der Waals surface area contributed by atoms with Crippen molar-refractivity contribution < 1.29 is 98.4 Å². The molecule has 438 valence electrons. The zero-order valence-electron chi connectivity index (χ0n) is 44.0. The van der Waals surface area contributed by atoms with E-state index < -0.39 is 92.7 Å². The molecule has 79 heavy (non-hydrogen) atoms. The van der Waals surface area contributed by atoms with Gasteiger partial charge in [-0.1, -0.05) is 50.3 Å². The molecule has 5 rings (SSSR count). The van der Waals surface area contributed by atoms with Crippen molar-refractivity contribution in [3.05, 3.63) is 101 Å². The predicted molar refractivity (Wildman–Crippen MR) is 292 cm³/mol. The summed E-state index contributed by atoms with van der Waals surface area (Å²) < 4.78 is 205.